The quantitative estimate of drug-likeness (QED) is 0.0103. The molecule has 3 amide bonds. The number of carbonyl (C=O) groups excluding carboxylic acids is 8. The summed E-state index contributed by atoms with van der Waals surface area (Å²) < 4.78 is 122. The fraction of sp³-hybridized carbons (Fsp3) is 0.144. The number of aromatic nitrogens is 9. The summed E-state index contributed by atoms with van der Waals surface area (Å²) in [6.07, 6.45) is 14.6. The summed E-state index contributed by atoms with van der Waals surface area (Å²) in [6, 6.07) is 31.7. The van der Waals surface area contributed by atoms with Gasteiger partial charge in [0.15, 0.2) is 5.78 Å². The number of thiazole rings is 2. The lowest BCUT2D eigenvalue weighted by molar-refractivity contribution is 0.0585. The molecular formula is C90H79Br2Cl2F8N15O18S2. The molecule has 0 atom stereocenters. The summed E-state index contributed by atoms with van der Waals surface area (Å²) in [5.74, 6) is -14.1. The molecule has 0 saturated carbocycles. The Bertz CT molecular complexity index is 6180. The van der Waals surface area contributed by atoms with Crippen LogP contribution in [-0.4, -0.2) is 154 Å². The maximum absolute atomic E-state index is 13.2. The smallest absolute Gasteiger partial charge is 0.356 e. The molecule has 0 unspecified atom stereocenters. The number of nitrogens with two attached hydrogens (primary N) is 2. The van der Waals surface area contributed by atoms with Gasteiger partial charge in [-0.3, -0.25) is 29.1 Å². The minimum Gasteiger partial charge on any atom is -0.478 e. The van der Waals surface area contributed by atoms with E-state index in [2.05, 4.69) is 116 Å². The highest BCUT2D eigenvalue weighted by Crippen LogP contribution is 2.19. The van der Waals surface area contributed by atoms with E-state index in [0.717, 1.165) is 82.8 Å². The Morgan fingerprint density at radius 1 is 0.358 bits per heavy atom. The number of esters is 4. The van der Waals surface area contributed by atoms with Crippen LogP contribution in [0.1, 0.15) is 163 Å². The third-order valence-corrected chi connectivity index (χ3v) is 19.0. The van der Waals surface area contributed by atoms with Crippen molar-refractivity contribution in [2.75, 3.05) is 28.4 Å². The van der Waals surface area contributed by atoms with E-state index in [1.165, 1.54) is 95.8 Å². The van der Waals surface area contributed by atoms with Crippen LogP contribution in [0.25, 0.3) is 4.85 Å². The predicted molar refractivity (Wildman–Crippen MR) is 493 cm³/mol. The largest absolute Gasteiger partial charge is 0.478 e. The first kappa shape index (κ1) is 116. The lowest BCUT2D eigenvalue weighted by atomic mass is 10.1. The number of halogens is 12. The van der Waals surface area contributed by atoms with Gasteiger partial charge >= 0.3 is 41.8 Å². The van der Waals surface area contributed by atoms with Gasteiger partial charge in [-0.1, -0.05) is 30.3 Å². The van der Waals surface area contributed by atoms with E-state index >= 15 is 0 Å². The lowest BCUT2D eigenvalue weighted by Crippen LogP contribution is -2.23. The van der Waals surface area contributed by atoms with Gasteiger partial charge in [-0.15, -0.1) is 47.5 Å². The summed E-state index contributed by atoms with van der Waals surface area (Å²) in [4.78, 5) is 163. The van der Waals surface area contributed by atoms with Crippen LogP contribution in [0.2, 0.25) is 0 Å². The summed E-state index contributed by atoms with van der Waals surface area (Å²) >= 11 is 9.56. The number of ketones is 1. The number of carboxylic acid groups (broad SMARTS) is 3. The van der Waals surface area contributed by atoms with E-state index in [0.29, 0.717) is 89.7 Å². The van der Waals surface area contributed by atoms with E-state index < -0.39 is 106 Å². The summed E-state index contributed by atoms with van der Waals surface area (Å²) in [7, 11) is 5.18. The number of aryl methyl sites for hydroxylation is 3. The molecule has 718 valence electrons. The molecule has 4 aromatic carbocycles. The molecule has 33 nitrogen and oxygen atoms in total. The fourth-order valence-corrected chi connectivity index (χ4v) is 11.6. The van der Waals surface area contributed by atoms with Gasteiger partial charge in [-0.25, -0.2) is 108 Å². The van der Waals surface area contributed by atoms with Crippen molar-refractivity contribution >= 4 is 150 Å². The number of methoxy groups -OCH3 is 4. The fourth-order valence-electron chi connectivity index (χ4n) is 9.63. The molecule has 0 aliphatic heterocycles. The van der Waals surface area contributed by atoms with Crippen molar-refractivity contribution in [3.05, 3.63) is 385 Å². The third kappa shape index (κ3) is 43.2. The van der Waals surface area contributed by atoms with Crippen molar-refractivity contribution in [1.82, 2.24) is 60.8 Å². The molecule has 13 rings (SSSR count). The highest BCUT2D eigenvalue weighted by Gasteiger charge is 2.17. The number of nitrogens with zero attached hydrogens (tertiary/aromatic N) is 10. The maximum Gasteiger partial charge on any atom is 0.356 e. The SMILES string of the molecule is COC(=O)c1ccc(Br)cn1.COC(=O)c1ccc(CN)cn1.COC(=O)c1ccc(CNC(=O)c2cc(F)cc(F)c2)cn1.Cc1ncc(CCC(=O)c2ccc(CNC(=O)c3cc(F)cc(F)c3)cn2)s1.Cc1ncc(CN)s1.Cl.Cl.O=C(NCc1ccc(C(=O)O)nc1)c1cc(F)cc(F)c1.O=C(O)c1cc(F)cc(F)c1.O=C(O)c1ccc(Br)cn1.[C-]#[N+]c1ccc(C(=O)OC)nc1. The number of ether oxygens (including phenoxy) is 4. The Kier molecular flexibility index (Phi) is 51.7. The number of benzene rings is 4. The van der Waals surface area contributed by atoms with Crippen LogP contribution in [0, 0.1) is 67.0 Å². The van der Waals surface area contributed by atoms with Crippen LogP contribution in [0.3, 0.4) is 0 Å². The van der Waals surface area contributed by atoms with Crippen LogP contribution in [-0.2, 0) is 58.1 Å². The molecule has 9 heterocycles. The first-order valence-electron chi connectivity index (χ1n) is 38.1. The molecule has 0 radical (unpaired) electrons. The second kappa shape index (κ2) is 61.0. The number of amides is 3. The number of aromatic carboxylic acids is 3. The Balaban J connectivity index is 0.000000407. The Labute approximate surface area is 811 Å². The zero-order chi connectivity index (χ0) is 99.8. The standard InChI is InChI=1S/C20H17F2N3O2S.C15H12F2N2O3.C14H10F2N2O3.C8H6N2O2.C8H10N2O2.C7H6BrNO2.C7H4F2O2.C6H4BrNO2.C5H8N2S.2ClH/c1-12-23-11-17(28-12)3-5-19(26)18-4-2-13(9-24-18)10-25-20(27)14-6-15(21)8-16(22)7-14;1-22-15(21)13-3-2-9(7-18-13)8-19-14(20)10-4-11(16)6-12(17)5-10;15-10-3-9(4-11(16)5-10)13(19)18-7-8-1-2-12(14(20)21)17-6-8;1-9-6-3-4-7(10-5-6)8(11)12-2;1-12-8(11)7-3-2-6(4-9)5-10-7;1-11-7(10)6-3-2-5(8)4-9-6;8-5-1-4(7(10)11)2-6(9)3-5;7-4-1-2-5(6(9)10)8-3-4;1-4-7-3-5(2-6)8-4;;/h2,4,6-9,11H,3,5,10H2,1H3,(H,25,27);2-7H,8H2,1H3,(H,19,20);1-6H,7H2,(H,18,19)(H,20,21);3-5H,2H3;2-3,5H,4,9H2,1H3;2-4H,1H3;1-3H,(H,10,11);1-3H,(H,9,10);3H,2,6H2,1H3;2*1H. The molecule has 9 aromatic heterocycles. The van der Waals surface area contributed by atoms with Crippen LogP contribution >= 0.6 is 79.3 Å². The molecule has 10 N–H and O–H groups in total. The number of pyridine rings is 7. The topological polar surface area (TPSA) is 494 Å². The van der Waals surface area contributed by atoms with E-state index in [9.17, 15) is 87.9 Å². The van der Waals surface area contributed by atoms with Crippen molar-refractivity contribution in [1.29, 1.82) is 0 Å². The second-order valence-electron chi connectivity index (χ2n) is 26.0. The third-order valence-electron chi connectivity index (χ3n) is 16.1. The van der Waals surface area contributed by atoms with E-state index in [4.69, 9.17) is 33.4 Å². The van der Waals surface area contributed by atoms with Crippen LogP contribution in [0.5, 0.6) is 0 Å². The molecular weight excluding hydrogens is 2030 g/mol. The molecule has 137 heavy (non-hydrogen) atoms. The van der Waals surface area contributed by atoms with E-state index in [-0.39, 0.29) is 95.3 Å². The summed E-state index contributed by atoms with van der Waals surface area (Å²) in [6.45, 7) is 11.9. The zero-order valence-electron chi connectivity index (χ0n) is 72.2. The minimum absolute atomic E-state index is 0. The summed E-state index contributed by atoms with van der Waals surface area (Å²) in [5.41, 5.74) is 14.4. The van der Waals surface area contributed by atoms with Crippen LogP contribution in [0.15, 0.2) is 222 Å². The Hall–Kier alpha value is -15.1. The van der Waals surface area contributed by atoms with Gasteiger partial charge in [-0.2, -0.15) is 0 Å². The molecule has 0 bridgehead atoms. The number of carbonyl (C=O) groups is 11. The number of carboxylic acids is 3. The molecule has 0 saturated heterocycles. The van der Waals surface area contributed by atoms with Gasteiger partial charge in [0.1, 0.15) is 86.4 Å². The lowest BCUT2D eigenvalue weighted by Gasteiger charge is -2.06. The van der Waals surface area contributed by atoms with Crippen molar-refractivity contribution in [2.45, 2.75) is 59.4 Å². The minimum atomic E-state index is -1.34. The average molecular weight is 2110 g/mol. The molecule has 47 heteroatoms. The van der Waals surface area contributed by atoms with Crippen molar-refractivity contribution < 1.29 is 122 Å². The average Bonchev–Trinajstić information content (AvgIpc) is 1.41. The van der Waals surface area contributed by atoms with Gasteiger partial charge in [-0.05, 0) is 178 Å². The number of Topliss-reactive ketones (excluding diaryl/α,β-unsaturated/α-hetero) is 1. The van der Waals surface area contributed by atoms with Crippen molar-refractivity contribution in [2.24, 2.45) is 11.5 Å². The first-order valence-corrected chi connectivity index (χ1v) is 41.3. The normalized spacial score (nSPS) is 9.73. The van der Waals surface area contributed by atoms with Crippen LogP contribution in [0.4, 0.5) is 40.8 Å². The van der Waals surface area contributed by atoms with Gasteiger partial charge in [0.25, 0.3) is 17.7 Å². The number of nitrogens with one attached hydrogen (secondary N) is 3. The zero-order valence-corrected chi connectivity index (χ0v) is 78.6. The highest BCUT2D eigenvalue weighted by atomic mass is 79.9. The van der Waals surface area contributed by atoms with E-state index in [1.807, 2.05) is 20.0 Å². The Morgan fingerprint density at radius 2 is 0.642 bits per heavy atom. The van der Waals surface area contributed by atoms with Crippen molar-refractivity contribution in [3.63, 3.8) is 0 Å². The molecule has 13 aromatic rings. The predicted octanol–water partition coefficient (Wildman–Crippen LogP) is 16.3. The number of rotatable bonds is 22. The van der Waals surface area contributed by atoms with Gasteiger partial charge in [0.05, 0.1) is 50.6 Å². The number of hydrogen-bond donors (Lipinski definition) is 8. The number of hydrogen-bond acceptors (Lipinski definition) is 28. The molecule has 0 aliphatic carbocycles. The summed E-state index contributed by atoms with van der Waals surface area (Å²) in [5, 5.41) is 35.0. The second-order valence-corrected chi connectivity index (χ2v) is 30.5. The maximum atomic E-state index is 13.2. The molecule has 0 fully saturated rings. The van der Waals surface area contributed by atoms with E-state index in [1.54, 1.807) is 89.8 Å². The molecule has 0 aliphatic rings. The molecule has 0 spiro atoms. The Morgan fingerprint density at radius 3 is 0.891 bits per heavy atom. The van der Waals surface area contributed by atoms with Crippen molar-refractivity contribution in [3.8, 4) is 0 Å². The van der Waals surface area contributed by atoms with Gasteiger partial charge < -0.3 is 61.7 Å². The van der Waals surface area contributed by atoms with Crippen LogP contribution < -0.4 is 27.4 Å². The highest BCUT2D eigenvalue weighted by molar-refractivity contribution is 9.10. The van der Waals surface area contributed by atoms with Gasteiger partial charge in [0, 0.05) is 155 Å². The first-order chi connectivity index (χ1) is 64.2. The monoisotopic (exact) mass is 2100 g/mol. The van der Waals surface area contributed by atoms with Gasteiger partial charge in [0.2, 0.25) is 5.69 Å².